The third kappa shape index (κ3) is 3.23. The Morgan fingerprint density at radius 2 is 2.20 bits per heavy atom. The van der Waals surface area contributed by atoms with Crippen molar-refractivity contribution in [1.29, 1.82) is 0 Å². The Bertz CT molecular complexity index is 543. The van der Waals surface area contributed by atoms with Crippen molar-refractivity contribution in [3.05, 3.63) is 35.5 Å². The van der Waals surface area contributed by atoms with Crippen LogP contribution in [-0.2, 0) is 6.54 Å². The van der Waals surface area contributed by atoms with Gasteiger partial charge in [-0.3, -0.25) is 4.98 Å². The van der Waals surface area contributed by atoms with Crippen LogP contribution >= 0.6 is 11.3 Å². The van der Waals surface area contributed by atoms with Crippen molar-refractivity contribution in [3.63, 3.8) is 0 Å². The van der Waals surface area contributed by atoms with E-state index in [1.165, 1.54) is 6.42 Å². The van der Waals surface area contributed by atoms with Crippen LogP contribution in [0.1, 0.15) is 31.4 Å². The van der Waals surface area contributed by atoms with Crippen molar-refractivity contribution in [2.75, 3.05) is 0 Å². The zero-order chi connectivity index (χ0) is 13.8. The van der Waals surface area contributed by atoms with Gasteiger partial charge >= 0.3 is 0 Å². The molecule has 0 radical (unpaired) electrons. The van der Waals surface area contributed by atoms with Gasteiger partial charge in [0.2, 0.25) is 0 Å². The van der Waals surface area contributed by atoms with Crippen LogP contribution in [0.15, 0.2) is 29.8 Å². The first-order valence-corrected chi connectivity index (χ1v) is 7.98. The molecule has 1 fully saturated rings. The molecular weight excluding hydrogens is 270 g/mol. The summed E-state index contributed by atoms with van der Waals surface area (Å²) in [4.78, 5) is 8.91. The topological polar surface area (TPSA) is 58.0 Å². The second-order valence-corrected chi connectivity index (χ2v) is 6.06. The molecule has 2 N–H and O–H groups in total. The number of aromatic nitrogens is 2. The van der Waals surface area contributed by atoms with Gasteiger partial charge in [-0.1, -0.05) is 18.9 Å². The van der Waals surface area contributed by atoms with Gasteiger partial charge in [0, 0.05) is 24.2 Å². The number of aliphatic hydroxyl groups is 1. The molecule has 0 bridgehead atoms. The predicted octanol–water partition coefficient (Wildman–Crippen LogP) is 2.60. The Kier molecular flexibility index (Phi) is 4.40. The third-order valence-electron chi connectivity index (χ3n) is 3.71. The Morgan fingerprint density at radius 1 is 1.30 bits per heavy atom. The van der Waals surface area contributed by atoms with Gasteiger partial charge < -0.3 is 10.4 Å². The number of rotatable bonds is 4. The standard InChI is InChI=1S/C15H19N3OS/c19-14-7-2-1-5-12(14)17-9-11-10-20-15(18-11)13-6-3-4-8-16-13/h3-4,6,8,10,12,14,17,19H,1-2,5,7,9H2/t12-,14+/m1/s1. The molecule has 3 rings (SSSR count). The molecule has 1 aliphatic carbocycles. The van der Waals surface area contributed by atoms with Gasteiger partial charge in [0.1, 0.15) is 5.01 Å². The van der Waals surface area contributed by atoms with Gasteiger partial charge in [-0.15, -0.1) is 11.3 Å². The quantitative estimate of drug-likeness (QED) is 0.908. The van der Waals surface area contributed by atoms with Crippen LogP contribution in [0, 0.1) is 0 Å². The molecule has 0 aliphatic heterocycles. The fraction of sp³-hybridized carbons (Fsp3) is 0.467. The van der Waals surface area contributed by atoms with Gasteiger partial charge in [0.05, 0.1) is 17.5 Å². The highest BCUT2D eigenvalue weighted by atomic mass is 32.1. The fourth-order valence-electron chi connectivity index (χ4n) is 2.58. The molecule has 1 saturated carbocycles. The second kappa shape index (κ2) is 6.43. The van der Waals surface area contributed by atoms with E-state index in [1.54, 1.807) is 17.5 Å². The lowest BCUT2D eigenvalue weighted by molar-refractivity contribution is 0.0901. The average molecular weight is 289 g/mol. The van der Waals surface area contributed by atoms with Crippen molar-refractivity contribution in [2.24, 2.45) is 0 Å². The highest BCUT2D eigenvalue weighted by Gasteiger charge is 2.22. The summed E-state index contributed by atoms with van der Waals surface area (Å²) >= 11 is 1.61. The van der Waals surface area contributed by atoms with E-state index in [1.807, 2.05) is 18.2 Å². The summed E-state index contributed by atoms with van der Waals surface area (Å²) in [6.45, 7) is 0.713. The van der Waals surface area contributed by atoms with Crippen molar-refractivity contribution >= 4 is 11.3 Å². The van der Waals surface area contributed by atoms with Crippen LogP contribution in [0.2, 0.25) is 0 Å². The Morgan fingerprint density at radius 3 is 3.00 bits per heavy atom. The van der Waals surface area contributed by atoms with Gasteiger partial charge in [-0.25, -0.2) is 4.98 Å². The van der Waals surface area contributed by atoms with Gasteiger partial charge in [0.25, 0.3) is 0 Å². The van der Waals surface area contributed by atoms with Crippen molar-refractivity contribution in [3.8, 4) is 10.7 Å². The van der Waals surface area contributed by atoms with Crippen molar-refractivity contribution in [2.45, 2.75) is 44.4 Å². The maximum absolute atomic E-state index is 9.94. The minimum Gasteiger partial charge on any atom is -0.392 e. The predicted molar refractivity (Wildman–Crippen MR) is 80.4 cm³/mol. The zero-order valence-electron chi connectivity index (χ0n) is 11.3. The molecular formula is C15H19N3OS. The monoisotopic (exact) mass is 289 g/mol. The molecule has 4 nitrogen and oxygen atoms in total. The van der Waals surface area contributed by atoms with E-state index in [0.29, 0.717) is 6.54 Å². The minimum atomic E-state index is -0.211. The molecule has 20 heavy (non-hydrogen) atoms. The molecule has 2 aromatic heterocycles. The number of nitrogens with zero attached hydrogens (tertiary/aromatic N) is 2. The molecule has 0 saturated heterocycles. The molecule has 0 unspecified atom stereocenters. The molecule has 2 atom stereocenters. The number of hydrogen-bond acceptors (Lipinski definition) is 5. The average Bonchev–Trinajstić information content (AvgIpc) is 2.96. The van der Waals surface area contributed by atoms with E-state index in [2.05, 4.69) is 20.7 Å². The molecule has 0 amide bonds. The maximum atomic E-state index is 9.94. The second-order valence-electron chi connectivity index (χ2n) is 5.20. The van der Waals surface area contributed by atoms with E-state index < -0.39 is 0 Å². The normalized spacial score (nSPS) is 22.9. The number of pyridine rings is 1. The van der Waals surface area contributed by atoms with Crippen molar-refractivity contribution in [1.82, 2.24) is 15.3 Å². The Hall–Kier alpha value is -1.30. The largest absolute Gasteiger partial charge is 0.392 e. The molecule has 106 valence electrons. The minimum absolute atomic E-state index is 0.211. The maximum Gasteiger partial charge on any atom is 0.142 e. The lowest BCUT2D eigenvalue weighted by atomic mass is 9.92. The Balaban J connectivity index is 1.60. The van der Waals surface area contributed by atoms with Crippen LogP contribution in [0.3, 0.4) is 0 Å². The van der Waals surface area contributed by atoms with Gasteiger partial charge in [-0.05, 0) is 25.0 Å². The molecule has 1 aliphatic rings. The summed E-state index contributed by atoms with van der Waals surface area (Å²) in [7, 11) is 0. The van der Waals surface area contributed by atoms with E-state index in [0.717, 1.165) is 35.7 Å². The lowest BCUT2D eigenvalue weighted by Gasteiger charge is -2.28. The molecule has 0 spiro atoms. The summed E-state index contributed by atoms with van der Waals surface area (Å²) in [5, 5.41) is 16.4. The molecule has 2 aromatic rings. The highest BCUT2D eigenvalue weighted by molar-refractivity contribution is 7.13. The SMILES string of the molecule is O[C@H]1CCCC[C@H]1NCc1csc(-c2ccccn2)n1. The fourth-order valence-corrected chi connectivity index (χ4v) is 3.38. The van der Waals surface area contributed by atoms with Crippen molar-refractivity contribution < 1.29 is 5.11 Å². The first-order chi connectivity index (χ1) is 9.83. The van der Waals surface area contributed by atoms with E-state index in [-0.39, 0.29) is 12.1 Å². The lowest BCUT2D eigenvalue weighted by Crippen LogP contribution is -2.41. The number of aliphatic hydroxyl groups excluding tert-OH is 1. The van der Waals surface area contributed by atoms with Gasteiger partial charge in [-0.2, -0.15) is 0 Å². The van der Waals surface area contributed by atoms with E-state index >= 15 is 0 Å². The number of hydrogen-bond donors (Lipinski definition) is 2. The Labute approximate surface area is 122 Å². The first kappa shape index (κ1) is 13.7. The molecule has 5 heteroatoms. The first-order valence-electron chi connectivity index (χ1n) is 7.10. The van der Waals surface area contributed by atoms with Crippen LogP contribution < -0.4 is 5.32 Å². The van der Waals surface area contributed by atoms with Crippen LogP contribution in [0.5, 0.6) is 0 Å². The summed E-state index contributed by atoms with van der Waals surface area (Å²) in [6, 6.07) is 6.06. The van der Waals surface area contributed by atoms with Crippen LogP contribution in [-0.4, -0.2) is 27.2 Å². The van der Waals surface area contributed by atoms with Crippen LogP contribution in [0.4, 0.5) is 0 Å². The van der Waals surface area contributed by atoms with Gasteiger partial charge in [0.15, 0.2) is 0 Å². The smallest absolute Gasteiger partial charge is 0.142 e. The molecule has 0 aromatic carbocycles. The summed E-state index contributed by atoms with van der Waals surface area (Å²) in [5.74, 6) is 0. The highest BCUT2D eigenvalue weighted by Crippen LogP contribution is 2.22. The number of thiazole rings is 1. The zero-order valence-corrected chi connectivity index (χ0v) is 12.1. The molecule has 2 heterocycles. The van der Waals surface area contributed by atoms with Crippen LogP contribution in [0.25, 0.3) is 10.7 Å². The number of nitrogens with one attached hydrogen (secondary N) is 1. The summed E-state index contributed by atoms with van der Waals surface area (Å²) in [5.41, 5.74) is 1.94. The van der Waals surface area contributed by atoms with E-state index in [4.69, 9.17) is 0 Å². The third-order valence-corrected chi connectivity index (χ3v) is 4.62. The summed E-state index contributed by atoms with van der Waals surface area (Å²) < 4.78 is 0. The summed E-state index contributed by atoms with van der Waals surface area (Å²) in [6.07, 6.45) is 5.88. The van der Waals surface area contributed by atoms with E-state index in [9.17, 15) is 5.11 Å².